The van der Waals surface area contributed by atoms with Crippen molar-refractivity contribution >= 4 is 11.6 Å². The Bertz CT molecular complexity index is 1430. The minimum atomic E-state index is -4.64. The summed E-state index contributed by atoms with van der Waals surface area (Å²) in [4.78, 5) is 21.0. The van der Waals surface area contributed by atoms with Crippen LogP contribution in [0.4, 0.5) is 26.3 Å². The average molecular weight is 528 g/mol. The molecule has 0 saturated carbocycles. The molecule has 0 unspecified atom stereocenters. The van der Waals surface area contributed by atoms with Gasteiger partial charge >= 0.3 is 18.0 Å². The molecule has 0 aliphatic heterocycles. The first-order valence-corrected chi connectivity index (χ1v) is 10.8. The molecule has 0 bridgehead atoms. The molecule has 2 aromatic heterocycles. The predicted octanol–water partition coefficient (Wildman–Crippen LogP) is 5.84. The molecule has 0 amide bonds. The lowest BCUT2D eigenvalue weighted by Crippen LogP contribution is -2.27. The maximum absolute atomic E-state index is 13.4. The van der Waals surface area contributed by atoms with Crippen LogP contribution in [0.2, 0.25) is 5.02 Å². The fourth-order valence-electron chi connectivity index (χ4n) is 3.49. The van der Waals surface area contributed by atoms with Gasteiger partial charge in [0.15, 0.2) is 11.6 Å². The Kier molecular flexibility index (Phi) is 6.90. The van der Waals surface area contributed by atoms with Crippen LogP contribution in [0, 0.1) is 0 Å². The maximum atomic E-state index is 13.4. The van der Waals surface area contributed by atoms with Crippen molar-refractivity contribution in [3.63, 3.8) is 0 Å². The second-order valence-corrected chi connectivity index (χ2v) is 8.14. The van der Waals surface area contributed by atoms with Gasteiger partial charge in [-0.05, 0) is 36.4 Å². The van der Waals surface area contributed by atoms with E-state index in [0.29, 0.717) is 10.6 Å². The Labute approximate surface area is 204 Å². The van der Waals surface area contributed by atoms with Gasteiger partial charge in [0.2, 0.25) is 0 Å². The maximum Gasteiger partial charge on any atom is 0.417 e. The topological polar surface area (TPSA) is 65.6 Å². The van der Waals surface area contributed by atoms with Gasteiger partial charge in [0, 0.05) is 28.9 Å². The van der Waals surface area contributed by atoms with E-state index in [4.69, 9.17) is 11.6 Å². The highest BCUT2D eigenvalue weighted by atomic mass is 35.5. The van der Waals surface area contributed by atoms with Crippen LogP contribution >= 0.6 is 11.6 Å². The second-order valence-electron chi connectivity index (χ2n) is 7.70. The Morgan fingerprint density at radius 3 is 2.28 bits per heavy atom. The van der Waals surface area contributed by atoms with Crippen molar-refractivity contribution in [2.75, 3.05) is 0 Å². The molecule has 0 N–H and O–H groups in total. The van der Waals surface area contributed by atoms with Gasteiger partial charge in [-0.25, -0.2) is 19.4 Å². The molecule has 13 heteroatoms. The van der Waals surface area contributed by atoms with E-state index in [1.54, 1.807) is 0 Å². The van der Waals surface area contributed by atoms with E-state index < -0.39 is 36.6 Å². The largest absolute Gasteiger partial charge is 0.417 e. The van der Waals surface area contributed by atoms with Crippen molar-refractivity contribution in [2.24, 2.45) is 0 Å². The predicted molar refractivity (Wildman–Crippen MR) is 119 cm³/mol. The summed E-state index contributed by atoms with van der Waals surface area (Å²) in [5.74, 6) is -0.236. The van der Waals surface area contributed by atoms with Crippen molar-refractivity contribution in [3.8, 4) is 22.8 Å². The van der Waals surface area contributed by atoms with E-state index in [0.717, 1.165) is 15.3 Å². The van der Waals surface area contributed by atoms with Crippen molar-refractivity contribution in [3.05, 3.63) is 87.6 Å². The summed E-state index contributed by atoms with van der Waals surface area (Å²) in [5, 5.41) is 4.57. The molecule has 0 radical (unpaired) electrons. The highest BCUT2D eigenvalue weighted by Crippen LogP contribution is 2.35. The number of nitrogens with zero attached hydrogens (tertiary/aromatic N) is 5. The molecule has 0 spiro atoms. The zero-order valence-corrected chi connectivity index (χ0v) is 18.9. The van der Waals surface area contributed by atoms with E-state index in [9.17, 15) is 31.1 Å². The molecule has 0 aliphatic carbocycles. The number of alkyl halides is 6. The fraction of sp³-hybridized carbons (Fsp3) is 0.217. The summed E-state index contributed by atoms with van der Waals surface area (Å²) in [5.41, 5.74) is -1.51. The summed E-state index contributed by atoms with van der Waals surface area (Å²) >= 11 is 5.88. The normalized spacial score (nSPS) is 12.2. The third-order valence-corrected chi connectivity index (χ3v) is 5.39. The number of hydrogen-bond donors (Lipinski definition) is 0. The summed E-state index contributed by atoms with van der Waals surface area (Å²) in [6.07, 6.45) is -9.18. The van der Waals surface area contributed by atoms with E-state index >= 15 is 0 Å². The van der Waals surface area contributed by atoms with Crippen LogP contribution in [0.5, 0.6) is 0 Å². The molecular formula is C23H16ClF6N5O. The Morgan fingerprint density at radius 1 is 0.917 bits per heavy atom. The quantitative estimate of drug-likeness (QED) is 0.295. The molecule has 0 saturated heterocycles. The third kappa shape index (κ3) is 5.76. The lowest BCUT2D eigenvalue weighted by molar-refractivity contribution is -0.137. The van der Waals surface area contributed by atoms with Gasteiger partial charge in [-0.1, -0.05) is 29.8 Å². The molecule has 2 heterocycles. The lowest BCUT2D eigenvalue weighted by Gasteiger charge is -2.12. The summed E-state index contributed by atoms with van der Waals surface area (Å²) < 4.78 is 80.7. The van der Waals surface area contributed by atoms with Crippen molar-refractivity contribution in [2.45, 2.75) is 31.9 Å². The van der Waals surface area contributed by atoms with Crippen LogP contribution in [-0.4, -0.2) is 30.5 Å². The van der Waals surface area contributed by atoms with Crippen LogP contribution in [0.25, 0.3) is 22.8 Å². The van der Waals surface area contributed by atoms with Gasteiger partial charge < -0.3 is 0 Å². The van der Waals surface area contributed by atoms with Gasteiger partial charge in [-0.3, -0.25) is 4.57 Å². The standard InChI is InChI=1S/C23H16ClF6N5O/c24-15-7-5-14(6-8-15)20-33-35(21(36)34(20)12-10-22(25,26)27)13-16-9-11-31-19(32-16)17-3-1-2-4-18(17)23(28,29)30/h1-9,11H,10,12-13H2. The van der Waals surface area contributed by atoms with Crippen LogP contribution in [0.15, 0.2) is 65.6 Å². The van der Waals surface area contributed by atoms with Gasteiger partial charge in [0.05, 0.1) is 24.2 Å². The Morgan fingerprint density at radius 2 is 1.61 bits per heavy atom. The van der Waals surface area contributed by atoms with Gasteiger partial charge in [0.25, 0.3) is 0 Å². The molecule has 36 heavy (non-hydrogen) atoms. The molecule has 0 fully saturated rings. The zero-order chi connectivity index (χ0) is 26.1. The van der Waals surface area contributed by atoms with Crippen LogP contribution in [0.3, 0.4) is 0 Å². The molecule has 188 valence electrons. The number of hydrogen-bond acceptors (Lipinski definition) is 4. The van der Waals surface area contributed by atoms with Gasteiger partial charge in [-0.15, -0.1) is 5.10 Å². The first-order valence-electron chi connectivity index (χ1n) is 10.4. The third-order valence-electron chi connectivity index (χ3n) is 5.14. The van der Waals surface area contributed by atoms with Gasteiger partial charge in [-0.2, -0.15) is 26.3 Å². The summed E-state index contributed by atoms with van der Waals surface area (Å²) in [6, 6.07) is 12.2. The smallest absolute Gasteiger partial charge is 0.275 e. The van der Waals surface area contributed by atoms with Crippen LogP contribution < -0.4 is 5.69 Å². The summed E-state index contributed by atoms with van der Waals surface area (Å²) in [7, 11) is 0. The van der Waals surface area contributed by atoms with Crippen molar-refractivity contribution in [1.29, 1.82) is 0 Å². The number of halogens is 7. The number of benzene rings is 2. The minimum Gasteiger partial charge on any atom is -0.275 e. The first-order chi connectivity index (χ1) is 16.9. The monoisotopic (exact) mass is 527 g/mol. The van der Waals surface area contributed by atoms with Crippen LogP contribution in [0.1, 0.15) is 17.7 Å². The fourth-order valence-corrected chi connectivity index (χ4v) is 3.62. The van der Waals surface area contributed by atoms with Crippen molar-refractivity contribution in [1.82, 2.24) is 24.3 Å². The second kappa shape index (κ2) is 9.76. The molecule has 4 rings (SSSR count). The average Bonchev–Trinajstić information content (AvgIpc) is 3.12. The van der Waals surface area contributed by atoms with Gasteiger partial charge in [0.1, 0.15) is 0 Å². The molecule has 0 aliphatic rings. The van der Waals surface area contributed by atoms with Crippen molar-refractivity contribution < 1.29 is 26.3 Å². The van der Waals surface area contributed by atoms with E-state index in [1.165, 1.54) is 54.7 Å². The highest BCUT2D eigenvalue weighted by Gasteiger charge is 2.34. The van der Waals surface area contributed by atoms with E-state index in [-0.39, 0.29) is 29.5 Å². The summed E-state index contributed by atoms with van der Waals surface area (Å²) in [6.45, 7) is -0.976. The molecule has 4 aromatic rings. The molecule has 2 aromatic carbocycles. The number of rotatable bonds is 6. The molecule has 0 atom stereocenters. The highest BCUT2D eigenvalue weighted by molar-refractivity contribution is 6.30. The van der Waals surface area contributed by atoms with Crippen LogP contribution in [-0.2, 0) is 19.3 Å². The lowest BCUT2D eigenvalue weighted by atomic mass is 10.1. The molecule has 6 nitrogen and oxygen atoms in total. The molecular weight excluding hydrogens is 512 g/mol. The SMILES string of the molecule is O=c1n(Cc2ccnc(-c3ccccc3C(F)(F)F)n2)nc(-c2ccc(Cl)cc2)n1CCC(F)(F)F. The Hall–Kier alpha value is -3.67. The first kappa shape index (κ1) is 25.4. The number of aromatic nitrogens is 5. The van der Waals surface area contributed by atoms with E-state index in [2.05, 4.69) is 15.1 Å². The zero-order valence-electron chi connectivity index (χ0n) is 18.2. The van der Waals surface area contributed by atoms with E-state index in [1.807, 2.05) is 0 Å². The minimum absolute atomic E-state index is 0.0161. The Balaban J connectivity index is 1.72.